The van der Waals surface area contributed by atoms with E-state index in [0.717, 1.165) is 12.1 Å². The summed E-state index contributed by atoms with van der Waals surface area (Å²) in [4.78, 5) is 27.6. The molecule has 11 heteroatoms. The summed E-state index contributed by atoms with van der Waals surface area (Å²) in [5.74, 6) is -1.24. The summed E-state index contributed by atoms with van der Waals surface area (Å²) in [5, 5.41) is 13.8. The molecule has 2 N–H and O–H groups in total. The number of ether oxygens (including phenoxy) is 3. The van der Waals surface area contributed by atoms with Crippen LogP contribution in [0.2, 0.25) is 0 Å². The molecule has 1 fully saturated rings. The SMILES string of the molecule is COc1ccc(C(F)(F)F)cc1CN[C@H]1[C@H](C(C)(C)C)[C@@H](C(=O)O)N(C(=O)OC(C)C)[C@H]1c1ccccc1OC. The van der Waals surface area contributed by atoms with Crippen LogP contribution in [0.5, 0.6) is 11.5 Å². The molecule has 2 aromatic carbocycles. The second kappa shape index (κ2) is 12.0. The Kier molecular flexibility index (Phi) is 9.28. The summed E-state index contributed by atoms with van der Waals surface area (Å²) in [5.41, 5.74) is -0.724. The van der Waals surface area contributed by atoms with Crippen LogP contribution in [0.25, 0.3) is 0 Å². The van der Waals surface area contributed by atoms with Crippen molar-refractivity contribution in [1.29, 1.82) is 0 Å². The molecule has 3 rings (SSSR count). The van der Waals surface area contributed by atoms with Gasteiger partial charge < -0.3 is 24.6 Å². The van der Waals surface area contributed by atoms with Crippen LogP contribution in [0.1, 0.15) is 57.4 Å². The van der Waals surface area contributed by atoms with E-state index >= 15 is 0 Å². The predicted octanol–water partition coefficient (Wildman–Crippen LogP) is 5.90. The molecule has 0 spiro atoms. The molecule has 1 aliphatic rings. The minimum Gasteiger partial charge on any atom is -0.496 e. The van der Waals surface area contributed by atoms with Crippen LogP contribution in [0, 0.1) is 11.3 Å². The van der Waals surface area contributed by atoms with Crippen molar-refractivity contribution in [3.8, 4) is 11.5 Å². The molecule has 4 atom stereocenters. The van der Waals surface area contributed by atoms with Gasteiger partial charge in [-0.3, -0.25) is 4.90 Å². The van der Waals surface area contributed by atoms with Crippen molar-refractivity contribution in [2.45, 2.75) is 71.6 Å². The van der Waals surface area contributed by atoms with Crippen LogP contribution in [0.15, 0.2) is 42.5 Å². The van der Waals surface area contributed by atoms with E-state index in [1.807, 2.05) is 20.8 Å². The molecule has 8 nitrogen and oxygen atoms in total. The Labute approximate surface area is 232 Å². The van der Waals surface area contributed by atoms with Gasteiger partial charge in [-0.15, -0.1) is 0 Å². The van der Waals surface area contributed by atoms with Gasteiger partial charge in [0.2, 0.25) is 0 Å². The summed E-state index contributed by atoms with van der Waals surface area (Å²) in [6.45, 7) is 8.84. The highest BCUT2D eigenvalue weighted by Gasteiger charge is 2.59. The Bertz CT molecular complexity index is 1210. The number of alkyl halides is 3. The molecule has 1 heterocycles. The topological polar surface area (TPSA) is 97.3 Å². The lowest BCUT2D eigenvalue weighted by molar-refractivity contribution is -0.145. The number of rotatable bonds is 8. The number of nitrogens with zero attached hydrogens (tertiary/aromatic N) is 1. The fourth-order valence-electron chi connectivity index (χ4n) is 5.50. The monoisotopic (exact) mass is 566 g/mol. The first kappa shape index (κ1) is 31.1. The van der Waals surface area contributed by atoms with Gasteiger partial charge in [-0.2, -0.15) is 13.2 Å². The van der Waals surface area contributed by atoms with Crippen molar-refractivity contribution in [1.82, 2.24) is 10.2 Å². The molecular formula is C29H37F3N2O6. The summed E-state index contributed by atoms with van der Waals surface area (Å²) >= 11 is 0. The van der Waals surface area contributed by atoms with Gasteiger partial charge in [-0.1, -0.05) is 39.0 Å². The predicted molar refractivity (Wildman–Crippen MR) is 142 cm³/mol. The number of hydrogen-bond acceptors (Lipinski definition) is 6. The molecule has 2 aromatic rings. The lowest BCUT2D eigenvalue weighted by Crippen LogP contribution is -2.48. The van der Waals surface area contributed by atoms with Gasteiger partial charge in [0.25, 0.3) is 0 Å². The summed E-state index contributed by atoms with van der Waals surface area (Å²) in [6.07, 6.45) is -5.89. The quantitative estimate of drug-likeness (QED) is 0.411. The first-order valence-corrected chi connectivity index (χ1v) is 12.9. The number of carboxylic acids is 1. The number of carbonyl (C=O) groups excluding carboxylic acids is 1. The number of amides is 1. The Balaban J connectivity index is 2.21. The van der Waals surface area contributed by atoms with Gasteiger partial charge in [-0.05, 0) is 43.5 Å². The van der Waals surface area contributed by atoms with E-state index in [1.165, 1.54) is 25.2 Å². The summed E-state index contributed by atoms with van der Waals surface area (Å²) in [6, 6.07) is 7.22. The van der Waals surface area contributed by atoms with E-state index in [-0.39, 0.29) is 17.9 Å². The van der Waals surface area contributed by atoms with E-state index in [1.54, 1.807) is 38.1 Å². The van der Waals surface area contributed by atoms with Crippen molar-refractivity contribution >= 4 is 12.1 Å². The molecular weight excluding hydrogens is 529 g/mol. The number of benzene rings is 2. The van der Waals surface area contributed by atoms with Crippen molar-refractivity contribution in [3.63, 3.8) is 0 Å². The minimum atomic E-state index is -4.56. The maximum absolute atomic E-state index is 13.5. The molecule has 0 unspecified atom stereocenters. The zero-order valence-corrected chi connectivity index (χ0v) is 23.7. The third kappa shape index (κ3) is 6.46. The third-order valence-corrected chi connectivity index (χ3v) is 7.06. The molecule has 0 bridgehead atoms. The number of methoxy groups -OCH3 is 2. The number of carboxylic acid groups (broad SMARTS) is 1. The molecule has 0 aliphatic carbocycles. The van der Waals surface area contributed by atoms with E-state index in [2.05, 4.69) is 5.32 Å². The molecule has 0 aromatic heterocycles. The van der Waals surface area contributed by atoms with Gasteiger partial charge in [0, 0.05) is 29.6 Å². The average Bonchev–Trinajstić information content (AvgIpc) is 3.22. The van der Waals surface area contributed by atoms with Crippen LogP contribution in [-0.2, 0) is 22.3 Å². The van der Waals surface area contributed by atoms with Crippen molar-refractivity contribution in [3.05, 3.63) is 59.2 Å². The Hall–Kier alpha value is -3.47. The highest BCUT2D eigenvalue weighted by atomic mass is 19.4. The second-order valence-electron chi connectivity index (χ2n) is 11.1. The van der Waals surface area contributed by atoms with Crippen molar-refractivity contribution < 1.29 is 42.1 Å². The number of carbonyl (C=O) groups is 2. The normalized spacial score (nSPS) is 21.4. The molecule has 1 saturated heterocycles. The maximum Gasteiger partial charge on any atom is 0.416 e. The van der Waals surface area contributed by atoms with Crippen LogP contribution in [0.4, 0.5) is 18.0 Å². The van der Waals surface area contributed by atoms with Gasteiger partial charge in [0.1, 0.15) is 17.5 Å². The molecule has 40 heavy (non-hydrogen) atoms. The van der Waals surface area contributed by atoms with E-state index < -0.39 is 59.4 Å². The maximum atomic E-state index is 13.5. The number of nitrogens with one attached hydrogen (secondary N) is 1. The van der Waals surface area contributed by atoms with Crippen molar-refractivity contribution in [2.75, 3.05) is 14.2 Å². The number of aliphatic carboxylic acids is 1. The van der Waals surface area contributed by atoms with Crippen molar-refractivity contribution in [2.24, 2.45) is 11.3 Å². The number of para-hydroxylation sites is 1. The summed E-state index contributed by atoms with van der Waals surface area (Å²) < 4.78 is 57.0. The first-order valence-electron chi connectivity index (χ1n) is 12.9. The molecule has 0 saturated carbocycles. The average molecular weight is 567 g/mol. The standard InChI is InChI=1S/C29H37F3N2O6/c1-16(2)40-27(37)34-24(19-10-8-9-11-21(19)39-7)23(22(28(3,4)5)25(34)26(35)36)33-15-17-14-18(29(30,31)32)12-13-20(17)38-6/h8-14,16,22-25,33H,15H2,1-7H3,(H,35,36)/t22-,23-,24-,25-/m0/s1. The third-order valence-electron chi connectivity index (χ3n) is 7.06. The van der Waals surface area contributed by atoms with E-state index in [9.17, 15) is 27.9 Å². The number of hydrogen-bond donors (Lipinski definition) is 2. The van der Waals surface area contributed by atoms with Crippen LogP contribution >= 0.6 is 0 Å². The van der Waals surface area contributed by atoms with Gasteiger partial charge >= 0.3 is 18.2 Å². The van der Waals surface area contributed by atoms with Gasteiger partial charge in [0.15, 0.2) is 0 Å². The molecule has 220 valence electrons. The minimum absolute atomic E-state index is 0.0879. The Morgan fingerprint density at radius 2 is 1.65 bits per heavy atom. The molecule has 1 aliphatic heterocycles. The van der Waals surface area contributed by atoms with Gasteiger partial charge in [-0.25, -0.2) is 9.59 Å². The second-order valence-corrected chi connectivity index (χ2v) is 11.1. The highest BCUT2D eigenvalue weighted by Crippen LogP contribution is 2.50. The van der Waals surface area contributed by atoms with Crippen LogP contribution < -0.4 is 14.8 Å². The smallest absolute Gasteiger partial charge is 0.416 e. The largest absolute Gasteiger partial charge is 0.496 e. The zero-order valence-electron chi connectivity index (χ0n) is 23.7. The van der Waals surface area contributed by atoms with Crippen LogP contribution in [0.3, 0.4) is 0 Å². The lowest BCUT2D eigenvalue weighted by Gasteiger charge is -2.35. The zero-order chi connectivity index (χ0) is 30.0. The Morgan fingerprint density at radius 1 is 1.02 bits per heavy atom. The van der Waals surface area contributed by atoms with E-state index in [4.69, 9.17) is 14.2 Å². The highest BCUT2D eigenvalue weighted by molar-refractivity contribution is 5.82. The van der Waals surface area contributed by atoms with E-state index in [0.29, 0.717) is 11.3 Å². The fraction of sp³-hybridized carbons (Fsp3) is 0.517. The summed E-state index contributed by atoms with van der Waals surface area (Å²) in [7, 11) is 2.83. The Morgan fingerprint density at radius 3 is 2.17 bits per heavy atom. The molecule has 1 amide bonds. The fourth-order valence-corrected chi connectivity index (χ4v) is 5.50. The van der Waals surface area contributed by atoms with Crippen LogP contribution in [-0.4, -0.2) is 54.5 Å². The molecule has 0 radical (unpaired) electrons. The lowest BCUT2D eigenvalue weighted by atomic mass is 9.72. The number of likely N-dealkylation sites (tertiary alicyclic amines) is 1. The number of halogens is 3. The van der Waals surface area contributed by atoms with Gasteiger partial charge in [0.05, 0.1) is 31.9 Å². The first-order chi connectivity index (χ1) is 18.6.